The number of ether oxygens (including phenoxy) is 2. The molecule has 3 aliphatic heterocycles. The van der Waals surface area contributed by atoms with Crippen LogP contribution in [0.4, 0.5) is 0 Å². The lowest BCUT2D eigenvalue weighted by Crippen LogP contribution is -2.54. The number of ketones is 1. The molecule has 3 aromatic rings. The number of methoxy groups -OCH3 is 1. The Morgan fingerprint density at radius 3 is 2.54 bits per heavy atom. The minimum atomic E-state index is -0.944. The summed E-state index contributed by atoms with van der Waals surface area (Å²) in [6.07, 6.45) is 6.52. The van der Waals surface area contributed by atoms with E-state index in [0.717, 1.165) is 12.1 Å². The number of rotatable bonds is 7. The summed E-state index contributed by atoms with van der Waals surface area (Å²) in [5.41, 5.74) is 1.50. The Balaban J connectivity index is 1.27. The number of nitrogens with zero attached hydrogens (tertiary/aromatic N) is 2. The molecule has 0 spiro atoms. The predicted molar refractivity (Wildman–Crippen MR) is 202 cm³/mol. The molecule has 54 heavy (non-hydrogen) atoms. The van der Waals surface area contributed by atoms with Crippen LogP contribution in [-0.4, -0.2) is 75.6 Å². The first-order chi connectivity index (χ1) is 25.9. The van der Waals surface area contributed by atoms with Crippen LogP contribution >= 0.6 is 0 Å². The number of carbonyl (C=O) groups is 4. The minimum absolute atomic E-state index is 0.0197. The number of nitrogens with one attached hydrogen (secondary N) is 1. The standard InChI is InChI=1S/C42H49N3O9/c1-25-9-7-12-31(46)11-6-4-5-10-29-20-35(47)39(40(50)38(29)42(52)54-25)33(28-15-17-32(53-3)18-16-28)21-36(48)43-26(2)41(51)44-22-27-19-30(24-44)34-13-8-14-37(49)45(34)23-27/h5,8,10,13-18,20,25-27,30,33,47,50H,4,6-7,9,11-12,19,21-24H2,1-3H3,(H,43,48)/t25-,26-,27?,30?,33?/m0/s1. The molecule has 5 atom stereocenters. The number of benzene rings is 2. The molecule has 4 heterocycles. The molecule has 12 nitrogen and oxygen atoms in total. The van der Waals surface area contributed by atoms with Crippen LogP contribution in [0.15, 0.2) is 59.4 Å². The van der Waals surface area contributed by atoms with E-state index in [-0.39, 0.29) is 57.9 Å². The van der Waals surface area contributed by atoms with Crippen LogP contribution in [0.5, 0.6) is 17.2 Å². The topological polar surface area (TPSA) is 164 Å². The van der Waals surface area contributed by atoms with Gasteiger partial charge in [0, 0.05) is 68.1 Å². The molecule has 0 saturated carbocycles. The van der Waals surface area contributed by atoms with E-state index in [9.17, 15) is 34.2 Å². The third-order valence-electron chi connectivity index (χ3n) is 10.8. The van der Waals surface area contributed by atoms with Crippen LogP contribution in [-0.2, 0) is 25.7 Å². The largest absolute Gasteiger partial charge is 0.507 e. The number of hydrogen-bond acceptors (Lipinski definition) is 9. The zero-order valence-corrected chi connectivity index (χ0v) is 31.1. The van der Waals surface area contributed by atoms with E-state index in [1.807, 2.05) is 6.07 Å². The van der Waals surface area contributed by atoms with E-state index in [0.29, 0.717) is 69.5 Å². The normalized spacial score (nSPS) is 21.5. The Labute approximate surface area is 314 Å². The van der Waals surface area contributed by atoms with E-state index < -0.39 is 35.7 Å². The highest BCUT2D eigenvalue weighted by Crippen LogP contribution is 2.44. The van der Waals surface area contributed by atoms with Crippen LogP contribution in [0, 0.1) is 5.92 Å². The Hall–Kier alpha value is -5.39. The zero-order chi connectivity index (χ0) is 38.5. The number of fused-ring (bicyclic) bond motifs is 5. The zero-order valence-electron chi connectivity index (χ0n) is 31.1. The predicted octanol–water partition coefficient (Wildman–Crippen LogP) is 5.42. The number of Topliss-reactive ketones (excluding diaryl/α,β-unsaturated/α-hetero) is 1. The van der Waals surface area contributed by atoms with Crippen molar-refractivity contribution in [3.63, 3.8) is 0 Å². The van der Waals surface area contributed by atoms with Crippen molar-refractivity contribution < 1.29 is 38.9 Å². The Kier molecular flexibility index (Phi) is 11.9. The molecule has 1 aromatic heterocycles. The van der Waals surface area contributed by atoms with Gasteiger partial charge in [-0.05, 0) is 87.3 Å². The van der Waals surface area contributed by atoms with Gasteiger partial charge in [-0.25, -0.2) is 4.79 Å². The minimum Gasteiger partial charge on any atom is -0.507 e. The Morgan fingerprint density at radius 1 is 1.02 bits per heavy atom. The summed E-state index contributed by atoms with van der Waals surface area (Å²) in [5, 5.41) is 26.2. The lowest BCUT2D eigenvalue weighted by molar-refractivity contribution is -0.138. The third kappa shape index (κ3) is 8.53. The number of phenolic OH excluding ortho intramolecular Hbond substituents is 2. The van der Waals surface area contributed by atoms with Crippen LogP contribution < -0.4 is 15.6 Å². The maximum atomic E-state index is 13.8. The van der Waals surface area contributed by atoms with Gasteiger partial charge in [0.2, 0.25) is 11.8 Å². The Morgan fingerprint density at radius 2 is 1.78 bits per heavy atom. The number of allylic oxidation sites excluding steroid dienone is 1. The van der Waals surface area contributed by atoms with Crippen molar-refractivity contribution in [2.75, 3.05) is 20.2 Å². The number of carbonyl (C=O) groups excluding carboxylic acids is 4. The van der Waals surface area contributed by atoms with Gasteiger partial charge in [0.15, 0.2) is 0 Å². The second-order valence-electron chi connectivity index (χ2n) is 14.8. The van der Waals surface area contributed by atoms with Gasteiger partial charge in [-0.3, -0.25) is 19.2 Å². The van der Waals surface area contributed by atoms with Crippen LogP contribution in [0.3, 0.4) is 0 Å². The second-order valence-corrected chi connectivity index (χ2v) is 14.8. The lowest BCUT2D eigenvalue weighted by atomic mass is 9.83. The van der Waals surface area contributed by atoms with Crippen LogP contribution in [0.25, 0.3) is 6.08 Å². The maximum Gasteiger partial charge on any atom is 0.342 e. The molecule has 3 N–H and O–H groups in total. The van der Waals surface area contributed by atoms with Crippen molar-refractivity contribution in [2.45, 2.75) is 95.7 Å². The van der Waals surface area contributed by atoms with Gasteiger partial charge in [0.1, 0.15) is 34.6 Å². The fourth-order valence-electron chi connectivity index (χ4n) is 8.14. The van der Waals surface area contributed by atoms with Gasteiger partial charge < -0.3 is 34.5 Å². The van der Waals surface area contributed by atoms with E-state index in [4.69, 9.17) is 9.47 Å². The number of piperidine rings is 1. The molecule has 12 heteroatoms. The van der Waals surface area contributed by atoms with E-state index in [1.165, 1.54) is 13.2 Å². The molecule has 0 aliphatic carbocycles. The first-order valence-corrected chi connectivity index (χ1v) is 18.8. The van der Waals surface area contributed by atoms with Crippen molar-refractivity contribution >= 4 is 29.6 Å². The van der Waals surface area contributed by atoms with Crippen molar-refractivity contribution in [1.29, 1.82) is 0 Å². The van der Waals surface area contributed by atoms with E-state index >= 15 is 0 Å². The van der Waals surface area contributed by atoms with Gasteiger partial charge in [0.25, 0.3) is 5.56 Å². The van der Waals surface area contributed by atoms with Crippen molar-refractivity contribution in [1.82, 2.24) is 14.8 Å². The molecular formula is C42H49N3O9. The fourth-order valence-corrected chi connectivity index (χ4v) is 8.14. The monoisotopic (exact) mass is 739 g/mol. The summed E-state index contributed by atoms with van der Waals surface area (Å²) in [7, 11) is 1.52. The van der Waals surface area contributed by atoms with Gasteiger partial charge in [-0.1, -0.05) is 30.4 Å². The second kappa shape index (κ2) is 16.7. The number of amides is 2. The summed E-state index contributed by atoms with van der Waals surface area (Å²) in [6, 6.07) is 12.6. The van der Waals surface area contributed by atoms with Gasteiger partial charge in [0.05, 0.1) is 13.2 Å². The number of hydrogen-bond donors (Lipinski definition) is 3. The lowest BCUT2D eigenvalue weighted by Gasteiger charge is -2.43. The Bertz CT molecular complexity index is 1990. The number of likely N-dealkylation sites (tertiary alicyclic amines) is 1. The molecule has 3 aliphatic rings. The first kappa shape index (κ1) is 38.3. The summed E-state index contributed by atoms with van der Waals surface area (Å²) in [4.78, 5) is 67.8. The van der Waals surface area contributed by atoms with Gasteiger partial charge in [-0.2, -0.15) is 0 Å². The highest BCUT2D eigenvalue weighted by Gasteiger charge is 2.38. The molecule has 1 saturated heterocycles. The maximum absolute atomic E-state index is 13.8. The summed E-state index contributed by atoms with van der Waals surface area (Å²) >= 11 is 0. The molecule has 1 fully saturated rings. The average molecular weight is 740 g/mol. The van der Waals surface area contributed by atoms with Gasteiger partial charge in [-0.15, -0.1) is 0 Å². The SMILES string of the molecule is COc1ccc(C(CC(=O)N[C@@H](C)C(=O)N2CC3CC(C2)c2cccc(=O)n2C3)c2c(O)cc3c(c2O)C(=O)O[C@@H](C)CCCC(=O)CCCC=C3)cc1. The van der Waals surface area contributed by atoms with Crippen molar-refractivity contribution in [3.8, 4) is 17.2 Å². The highest BCUT2D eigenvalue weighted by atomic mass is 16.5. The quantitative estimate of drug-likeness (QED) is 0.269. The number of aromatic hydroxyl groups is 2. The molecular weight excluding hydrogens is 690 g/mol. The molecule has 286 valence electrons. The smallest absolute Gasteiger partial charge is 0.342 e. The summed E-state index contributed by atoms with van der Waals surface area (Å²) < 4.78 is 12.9. The molecule has 0 radical (unpaired) electrons. The van der Waals surface area contributed by atoms with Crippen LogP contribution in [0.1, 0.15) is 110 Å². The van der Waals surface area contributed by atoms with Crippen molar-refractivity contribution in [3.05, 3.63) is 92.9 Å². The molecule has 2 aromatic carbocycles. The van der Waals surface area contributed by atoms with Crippen LogP contribution in [0.2, 0.25) is 0 Å². The molecule has 2 amide bonds. The molecule has 6 rings (SSSR count). The highest BCUT2D eigenvalue weighted by molar-refractivity contribution is 5.98. The fraction of sp³-hybridized carbons (Fsp3) is 0.452. The third-order valence-corrected chi connectivity index (χ3v) is 10.8. The molecule has 3 unspecified atom stereocenters. The number of phenols is 2. The van der Waals surface area contributed by atoms with E-state index in [2.05, 4.69) is 5.32 Å². The average Bonchev–Trinajstić information content (AvgIpc) is 3.13. The number of esters is 1. The van der Waals surface area contributed by atoms with Crippen molar-refractivity contribution in [2.24, 2.45) is 5.92 Å². The number of aromatic nitrogens is 1. The van der Waals surface area contributed by atoms with Gasteiger partial charge >= 0.3 is 5.97 Å². The summed E-state index contributed by atoms with van der Waals surface area (Å²) in [5.74, 6) is -2.46. The molecule has 2 bridgehead atoms. The first-order valence-electron chi connectivity index (χ1n) is 18.8. The number of cyclic esters (lactones) is 1. The van der Waals surface area contributed by atoms with E-state index in [1.54, 1.807) is 71.9 Å². The number of pyridine rings is 1. The summed E-state index contributed by atoms with van der Waals surface area (Å²) in [6.45, 7) is 4.81.